The monoisotopic (exact) mass is 762 g/mol. The third-order valence-electron chi connectivity index (χ3n) is 13.8. The number of hydrogen-bond donors (Lipinski definition) is 4. The lowest BCUT2D eigenvalue weighted by Gasteiger charge is -2.39. The second-order valence-electron chi connectivity index (χ2n) is 17.4. The minimum atomic E-state index is -1.04. The number of aliphatic hydroxyl groups excluding tert-OH is 2. The molecule has 0 aromatic heterocycles. The summed E-state index contributed by atoms with van der Waals surface area (Å²) in [6.45, 7) is 3.45. The van der Waals surface area contributed by atoms with Gasteiger partial charge in [-0.05, 0) is 83.5 Å². The second kappa shape index (κ2) is 14.5. The lowest BCUT2D eigenvalue weighted by Crippen LogP contribution is -2.47. The average Bonchev–Trinajstić information content (AvgIpc) is 3.96. The molecule has 2 aromatic carbocycles. The van der Waals surface area contributed by atoms with E-state index >= 15 is 0 Å². The number of ether oxygens (including phenoxy) is 2. The van der Waals surface area contributed by atoms with Gasteiger partial charge in [-0.15, -0.1) is 0 Å². The van der Waals surface area contributed by atoms with Crippen LogP contribution in [0.2, 0.25) is 0 Å². The summed E-state index contributed by atoms with van der Waals surface area (Å²) in [7, 11) is 0. The van der Waals surface area contributed by atoms with E-state index in [1.807, 2.05) is 30.5 Å². The highest BCUT2D eigenvalue weighted by molar-refractivity contribution is 6.10. The number of hydrogen-bond acceptors (Lipinski definition) is 9. The highest BCUT2D eigenvalue weighted by Gasteiger charge is 2.49. The summed E-state index contributed by atoms with van der Waals surface area (Å²) in [5.74, 6) is 11.8. The Hall–Kier alpha value is -4.90. The summed E-state index contributed by atoms with van der Waals surface area (Å²) in [6.07, 6.45) is 20.1. The standard InChI is InChI=1S/C48H50N4O5/c1-28-4-8-30(9-5-28)41(55)23-32(53)11-6-29-7-17-42-43(22-29)57-47-38(48(20-21-56-42)18-2-3-19-48)15-16-40(54)34-13-14-35-44-31(24-51-46(35)49)10-12-33(45(34)44)36-25-50-39-27-52(47)26-37(36)39/h4,7-8,10,12-14,17,22,25-26,28,30-31,33,38,40-41,46-47,51,54-55H,2-3,5-6,9,11,18-19,23-24,27,49H2,1H3. The minimum Gasteiger partial charge on any atom is -0.465 e. The molecule has 1 fully saturated rings. The number of allylic oxidation sites excluding steroid dienone is 3. The second-order valence-corrected chi connectivity index (χ2v) is 17.4. The molecule has 0 amide bonds. The van der Waals surface area contributed by atoms with E-state index < -0.39 is 29.8 Å². The molecule has 5 aliphatic heterocycles. The molecule has 2 bridgehead atoms. The maximum Gasteiger partial charge on any atom is 0.187 e. The number of carbonyl (C=O) groups excluding carboxylic acids is 1. The predicted octanol–water partition coefficient (Wildman–Crippen LogP) is 6.36. The first-order chi connectivity index (χ1) is 27.7. The number of nitrogens with one attached hydrogen (secondary N) is 1. The van der Waals surface area contributed by atoms with Crippen molar-refractivity contribution in [2.75, 3.05) is 13.1 Å². The molecule has 57 heavy (non-hydrogen) atoms. The highest BCUT2D eigenvalue weighted by atomic mass is 16.5. The van der Waals surface area contributed by atoms with Gasteiger partial charge in [-0.2, -0.15) is 0 Å². The molecule has 5 N–H and O–H groups in total. The number of nitrogens with zero attached hydrogens (tertiary/aromatic N) is 2. The molecule has 1 saturated carbocycles. The van der Waals surface area contributed by atoms with Crippen LogP contribution in [0.4, 0.5) is 0 Å². The van der Waals surface area contributed by atoms with Gasteiger partial charge in [0, 0.05) is 55.1 Å². The molecule has 5 heterocycles. The third kappa shape index (κ3) is 6.46. The lowest BCUT2D eigenvalue weighted by molar-refractivity contribution is -0.121. The Balaban J connectivity index is 1.01. The summed E-state index contributed by atoms with van der Waals surface area (Å²) in [5.41, 5.74) is 14.3. The van der Waals surface area contributed by atoms with Crippen LogP contribution in [0.5, 0.6) is 11.5 Å². The van der Waals surface area contributed by atoms with Gasteiger partial charge in [-0.1, -0.05) is 80.0 Å². The number of rotatable bonds is 6. The van der Waals surface area contributed by atoms with Crippen molar-refractivity contribution in [3.8, 4) is 35.4 Å². The Morgan fingerprint density at radius 3 is 2.77 bits per heavy atom. The van der Waals surface area contributed by atoms with Crippen molar-refractivity contribution in [1.82, 2.24) is 10.2 Å². The highest BCUT2D eigenvalue weighted by Crippen LogP contribution is 2.51. The Morgan fingerprint density at radius 2 is 1.93 bits per heavy atom. The molecular formula is C48H50N4O5. The van der Waals surface area contributed by atoms with Gasteiger partial charge in [0.1, 0.15) is 18.0 Å². The topological polar surface area (TPSA) is 130 Å². The van der Waals surface area contributed by atoms with Crippen LogP contribution in [0.25, 0.3) is 0 Å². The van der Waals surface area contributed by atoms with Crippen molar-refractivity contribution in [3.63, 3.8) is 0 Å². The Bertz CT molecular complexity index is 2290. The fourth-order valence-electron chi connectivity index (χ4n) is 10.5. The fraction of sp³-hybridized carbons (Fsp3) is 0.458. The van der Waals surface area contributed by atoms with E-state index in [2.05, 4.69) is 77.6 Å². The summed E-state index contributed by atoms with van der Waals surface area (Å²) in [5, 5.41) is 26.4. The first-order valence-electron chi connectivity index (χ1n) is 20.9. The number of benzene rings is 2. The number of ketones is 1. The molecular weight excluding hydrogens is 713 g/mol. The molecule has 3 aliphatic carbocycles. The zero-order valence-corrected chi connectivity index (χ0v) is 32.4. The van der Waals surface area contributed by atoms with Gasteiger partial charge in [-0.25, -0.2) is 0 Å². The van der Waals surface area contributed by atoms with Gasteiger partial charge in [0.25, 0.3) is 0 Å². The van der Waals surface area contributed by atoms with Crippen LogP contribution in [-0.4, -0.2) is 52.0 Å². The van der Waals surface area contributed by atoms with E-state index in [4.69, 9.17) is 20.2 Å². The quantitative estimate of drug-likeness (QED) is 0.198. The van der Waals surface area contributed by atoms with Gasteiger partial charge in [0.15, 0.2) is 17.7 Å². The molecule has 9 atom stereocenters. The maximum absolute atomic E-state index is 13.1. The number of carbonyl (C=O) groups is 1. The summed E-state index contributed by atoms with van der Waals surface area (Å²) in [6, 6.07) is 9.87. The largest absolute Gasteiger partial charge is 0.465 e. The first-order valence-corrected chi connectivity index (χ1v) is 20.9. The molecule has 1 spiro atoms. The van der Waals surface area contributed by atoms with Crippen molar-refractivity contribution < 1.29 is 24.5 Å². The first kappa shape index (κ1) is 36.4. The van der Waals surface area contributed by atoms with E-state index in [9.17, 15) is 15.0 Å². The van der Waals surface area contributed by atoms with Crippen molar-refractivity contribution >= 4 is 11.5 Å². The van der Waals surface area contributed by atoms with Crippen molar-refractivity contribution in [1.29, 1.82) is 0 Å². The molecule has 2 aromatic rings. The summed E-state index contributed by atoms with van der Waals surface area (Å²) in [4.78, 5) is 20.4. The third-order valence-corrected chi connectivity index (χ3v) is 13.8. The van der Waals surface area contributed by atoms with Crippen LogP contribution >= 0.6 is 0 Å². The SMILES string of the molecule is CC1C=CC(C(O)CC(=O)CCc2ccc3c(c2)OC2C(C#CC(O)c4ccc5c6c4C(C=CC6CNC5N)C4=CN=C5CN2C=C45)C2(C#CO3)CCCC2)CC1. The molecule has 9 heteroatoms. The zero-order valence-electron chi connectivity index (χ0n) is 32.4. The van der Waals surface area contributed by atoms with Crippen LogP contribution in [-0.2, 0) is 11.2 Å². The van der Waals surface area contributed by atoms with E-state index in [-0.39, 0.29) is 36.1 Å². The fourth-order valence-corrected chi connectivity index (χ4v) is 10.5. The van der Waals surface area contributed by atoms with Crippen LogP contribution in [0.3, 0.4) is 0 Å². The lowest BCUT2D eigenvalue weighted by atomic mass is 9.71. The van der Waals surface area contributed by atoms with E-state index in [0.29, 0.717) is 36.8 Å². The van der Waals surface area contributed by atoms with Gasteiger partial charge >= 0.3 is 0 Å². The van der Waals surface area contributed by atoms with Gasteiger partial charge in [-0.3, -0.25) is 15.1 Å². The normalized spacial score (nSPS) is 31.3. The Morgan fingerprint density at radius 1 is 1.07 bits per heavy atom. The van der Waals surface area contributed by atoms with Crippen LogP contribution in [0.15, 0.2) is 83.2 Å². The number of Topliss-reactive ketones (excluding diaryl/α,β-unsaturated/α-hetero) is 1. The Kier molecular flexibility index (Phi) is 9.26. The number of aryl methyl sites for hydroxylation is 1. The van der Waals surface area contributed by atoms with E-state index in [0.717, 1.165) is 84.2 Å². The number of nitrogens with two attached hydrogens (primary N) is 1. The number of aliphatic imine (C=N–C) groups is 1. The van der Waals surface area contributed by atoms with Gasteiger partial charge in [0.2, 0.25) is 0 Å². The van der Waals surface area contributed by atoms with E-state index in [1.54, 1.807) is 0 Å². The smallest absolute Gasteiger partial charge is 0.187 e. The summed E-state index contributed by atoms with van der Waals surface area (Å²) >= 11 is 0. The molecule has 10 rings (SSSR count). The van der Waals surface area contributed by atoms with Gasteiger partial charge in [0.05, 0.1) is 35.9 Å². The van der Waals surface area contributed by atoms with Crippen LogP contribution < -0.4 is 20.5 Å². The molecule has 0 radical (unpaired) electrons. The van der Waals surface area contributed by atoms with Crippen molar-refractivity contribution in [2.45, 2.75) is 101 Å². The van der Waals surface area contributed by atoms with Crippen molar-refractivity contribution in [3.05, 3.63) is 106 Å². The molecule has 8 aliphatic rings. The average molecular weight is 763 g/mol. The number of fused-ring (bicyclic) bond motifs is 6. The zero-order chi connectivity index (χ0) is 38.8. The minimum absolute atomic E-state index is 0.0315. The molecule has 0 saturated heterocycles. The summed E-state index contributed by atoms with van der Waals surface area (Å²) < 4.78 is 13.3. The number of aliphatic hydroxyl groups is 2. The Labute approximate surface area is 334 Å². The molecule has 9 unspecified atom stereocenters. The molecule has 292 valence electrons. The van der Waals surface area contributed by atoms with Crippen LogP contribution in [0, 0.1) is 47.0 Å². The van der Waals surface area contributed by atoms with E-state index in [1.165, 1.54) is 5.56 Å². The predicted molar refractivity (Wildman–Crippen MR) is 218 cm³/mol. The van der Waals surface area contributed by atoms with Gasteiger partial charge < -0.3 is 30.3 Å². The molecule has 9 nitrogen and oxygen atoms in total. The van der Waals surface area contributed by atoms with Crippen molar-refractivity contribution in [2.24, 2.45) is 33.9 Å². The maximum atomic E-state index is 13.1. The van der Waals surface area contributed by atoms with Crippen LogP contribution in [0.1, 0.15) is 110 Å².